The first-order valence-electron chi connectivity index (χ1n) is 11.3. The van der Waals surface area contributed by atoms with Gasteiger partial charge in [0.15, 0.2) is 0 Å². The monoisotopic (exact) mass is 504 g/mol. The van der Waals surface area contributed by atoms with E-state index in [1.165, 1.54) is 19.2 Å². The van der Waals surface area contributed by atoms with Gasteiger partial charge in [0.2, 0.25) is 21.8 Å². The van der Waals surface area contributed by atoms with E-state index < -0.39 is 10.0 Å². The van der Waals surface area contributed by atoms with Crippen LogP contribution in [0, 0.1) is 5.92 Å². The normalized spacial score (nSPS) is 14.8. The number of ether oxygens (including phenoxy) is 2. The largest absolute Gasteiger partial charge is 0.497 e. The summed E-state index contributed by atoms with van der Waals surface area (Å²) < 4.78 is 33.1. The number of anilines is 1. The number of amides is 2. The molecular formula is C24H32N4O6S. The molecule has 1 saturated heterocycles. The lowest BCUT2D eigenvalue weighted by molar-refractivity contribution is -0.126. The van der Waals surface area contributed by atoms with Gasteiger partial charge in [-0.15, -0.1) is 0 Å². The van der Waals surface area contributed by atoms with Crippen LogP contribution in [0.5, 0.6) is 11.5 Å². The molecule has 2 aromatic rings. The van der Waals surface area contributed by atoms with E-state index in [0.29, 0.717) is 56.1 Å². The van der Waals surface area contributed by atoms with Gasteiger partial charge in [0.05, 0.1) is 31.3 Å². The van der Waals surface area contributed by atoms with E-state index in [-0.39, 0.29) is 29.2 Å². The Morgan fingerprint density at radius 2 is 1.74 bits per heavy atom. The number of benzene rings is 2. The van der Waals surface area contributed by atoms with Crippen molar-refractivity contribution < 1.29 is 27.5 Å². The third kappa shape index (κ3) is 7.67. The standard InChI is InChI=1S/C24H32N4O6S/c1-33-19-5-8-21(22(15-19)34-2)27-23(29)16-28-13-10-18(11-14-28)24(30)26-12-9-17-3-6-20(7-4-17)35(25,31)32/h3-8,15,18H,9-14,16H2,1-2H3,(H,26,30)(H,27,29)(H2,25,31,32). The molecule has 0 atom stereocenters. The Bertz CT molecular complexity index is 1130. The highest BCUT2D eigenvalue weighted by Gasteiger charge is 2.26. The molecule has 0 bridgehead atoms. The van der Waals surface area contributed by atoms with Gasteiger partial charge in [-0.25, -0.2) is 13.6 Å². The molecule has 1 aliphatic heterocycles. The number of sulfonamides is 1. The van der Waals surface area contributed by atoms with Gasteiger partial charge in [-0.1, -0.05) is 12.1 Å². The van der Waals surface area contributed by atoms with Gasteiger partial charge >= 0.3 is 0 Å². The van der Waals surface area contributed by atoms with Crippen molar-refractivity contribution in [1.82, 2.24) is 10.2 Å². The third-order valence-electron chi connectivity index (χ3n) is 5.97. The van der Waals surface area contributed by atoms with E-state index in [2.05, 4.69) is 10.6 Å². The minimum absolute atomic E-state index is 0.00164. The number of carbonyl (C=O) groups excluding carboxylic acids is 2. The molecular weight excluding hydrogens is 472 g/mol. The zero-order valence-corrected chi connectivity index (χ0v) is 20.8. The van der Waals surface area contributed by atoms with Gasteiger partial charge < -0.3 is 20.1 Å². The summed E-state index contributed by atoms with van der Waals surface area (Å²) >= 11 is 0. The Labute approximate surface area is 205 Å². The van der Waals surface area contributed by atoms with Crippen molar-refractivity contribution in [2.45, 2.75) is 24.2 Å². The second-order valence-electron chi connectivity index (χ2n) is 8.39. The van der Waals surface area contributed by atoms with Gasteiger partial charge in [-0.3, -0.25) is 14.5 Å². The zero-order valence-electron chi connectivity index (χ0n) is 20.0. The van der Waals surface area contributed by atoms with E-state index in [9.17, 15) is 18.0 Å². The van der Waals surface area contributed by atoms with E-state index >= 15 is 0 Å². The molecule has 0 unspecified atom stereocenters. The Morgan fingerprint density at radius 1 is 1.06 bits per heavy atom. The summed E-state index contributed by atoms with van der Waals surface area (Å²) in [4.78, 5) is 27.1. The molecule has 2 amide bonds. The lowest BCUT2D eigenvalue weighted by Gasteiger charge is -2.30. The van der Waals surface area contributed by atoms with Crippen LogP contribution in [0.2, 0.25) is 0 Å². The van der Waals surface area contributed by atoms with Gasteiger partial charge in [-0.2, -0.15) is 0 Å². The predicted molar refractivity (Wildman–Crippen MR) is 132 cm³/mol. The average Bonchev–Trinajstić information content (AvgIpc) is 2.84. The van der Waals surface area contributed by atoms with Gasteiger partial charge in [0, 0.05) is 18.5 Å². The number of methoxy groups -OCH3 is 2. The first kappa shape index (κ1) is 26.5. The third-order valence-corrected chi connectivity index (χ3v) is 6.90. The van der Waals surface area contributed by atoms with Crippen molar-refractivity contribution in [3.05, 3.63) is 48.0 Å². The molecule has 4 N–H and O–H groups in total. The molecule has 0 spiro atoms. The number of nitrogens with one attached hydrogen (secondary N) is 2. The first-order chi connectivity index (χ1) is 16.7. The molecule has 1 aliphatic rings. The molecule has 0 saturated carbocycles. The Kier molecular flexibility index (Phi) is 9.07. The predicted octanol–water partition coefficient (Wildman–Crippen LogP) is 1.36. The number of hydrogen-bond donors (Lipinski definition) is 3. The molecule has 190 valence electrons. The SMILES string of the molecule is COc1ccc(NC(=O)CN2CCC(C(=O)NCCc3ccc(S(N)(=O)=O)cc3)CC2)c(OC)c1. The van der Waals surface area contributed by atoms with Gasteiger partial charge in [0.1, 0.15) is 11.5 Å². The highest BCUT2D eigenvalue weighted by molar-refractivity contribution is 7.89. The van der Waals surface area contributed by atoms with Crippen LogP contribution < -0.4 is 25.2 Å². The first-order valence-corrected chi connectivity index (χ1v) is 12.9. The fraction of sp³-hybridized carbons (Fsp3) is 0.417. The summed E-state index contributed by atoms with van der Waals surface area (Å²) in [5.41, 5.74) is 1.49. The van der Waals surface area contributed by atoms with Crippen LogP contribution >= 0.6 is 0 Å². The van der Waals surface area contributed by atoms with Crippen molar-refractivity contribution in [3.63, 3.8) is 0 Å². The van der Waals surface area contributed by atoms with Crippen molar-refractivity contribution in [2.75, 3.05) is 45.7 Å². The van der Waals surface area contributed by atoms with Crippen LogP contribution in [0.3, 0.4) is 0 Å². The maximum absolute atomic E-state index is 12.5. The number of rotatable bonds is 10. The molecule has 1 heterocycles. The second kappa shape index (κ2) is 12.0. The Hall–Kier alpha value is -3.15. The summed E-state index contributed by atoms with van der Waals surface area (Å²) in [6.45, 7) is 2.00. The quantitative estimate of drug-likeness (QED) is 0.444. The minimum Gasteiger partial charge on any atom is -0.497 e. The van der Waals surface area contributed by atoms with Crippen LogP contribution in [-0.4, -0.2) is 65.5 Å². The average molecular weight is 505 g/mol. The van der Waals surface area contributed by atoms with Crippen LogP contribution in [0.1, 0.15) is 18.4 Å². The molecule has 11 heteroatoms. The number of hydrogen-bond acceptors (Lipinski definition) is 7. The molecule has 3 rings (SSSR count). The number of likely N-dealkylation sites (tertiary alicyclic amines) is 1. The highest BCUT2D eigenvalue weighted by Crippen LogP contribution is 2.29. The van der Waals surface area contributed by atoms with Gasteiger partial charge in [0.25, 0.3) is 0 Å². The van der Waals surface area contributed by atoms with Crippen molar-refractivity contribution in [3.8, 4) is 11.5 Å². The van der Waals surface area contributed by atoms with Crippen molar-refractivity contribution in [2.24, 2.45) is 11.1 Å². The summed E-state index contributed by atoms with van der Waals surface area (Å²) in [5, 5.41) is 10.9. The number of primary sulfonamides is 1. The van der Waals surface area contributed by atoms with Crippen LogP contribution in [0.25, 0.3) is 0 Å². The summed E-state index contributed by atoms with van der Waals surface area (Å²) in [5.74, 6) is 0.914. The molecule has 35 heavy (non-hydrogen) atoms. The molecule has 0 aliphatic carbocycles. The highest BCUT2D eigenvalue weighted by atomic mass is 32.2. The van der Waals surface area contributed by atoms with Crippen LogP contribution in [0.4, 0.5) is 5.69 Å². The molecule has 2 aromatic carbocycles. The smallest absolute Gasteiger partial charge is 0.238 e. The maximum Gasteiger partial charge on any atom is 0.238 e. The summed E-state index contributed by atoms with van der Waals surface area (Å²) in [6.07, 6.45) is 1.94. The van der Waals surface area contributed by atoms with Crippen LogP contribution in [0.15, 0.2) is 47.4 Å². The Morgan fingerprint density at radius 3 is 2.34 bits per heavy atom. The topological polar surface area (TPSA) is 140 Å². The second-order valence-corrected chi connectivity index (χ2v) is 9.96. The van der Waals surface area contributed by atoms with E-state index in [1.807, 2.05) is 4.90 Å². The Balaban J connectivity index is 1.39. The fourth-order valence-corrected chi connectivity index (χ4v) is 4.48. The maximum atomic E-state index is 12.5. The van der Waals surface area contributed by atoms with Gasteiger partial charge in [-0.05, 0) is 62.2 Å². The zero-order chi connectivity index (χ0) is 25.4. The minimum atomic E-state index is -3.71. The lowest BCUT2D eigenvalue weighted by atomic mass is 9.96. The molecule has 10 nitrogen and oxygen atoms in total. The van der Waals surface area contributed by atoms with Crippen LogP contribution in [-0.2, 0) is 26.0 Å². The summed E-state index contributed by atoms with van der Waals surface area (Å²) in [7, 11) is -0.615. The lowest BCUT2D eigenvalue weighted by Crippen LogP contribution is -2.43. The number of carbonyl (C=O) groups is 2. The summed E-state index contributed by atoms with van der Waals surface area (Å²) in [6, 6.07) is 11.5. The van der Waals surface area contributed by atoms with Crippen molar-refractivity contribution in [1.29, 1.82) is 0 Å². The van der Waals surface area contributed by atoms with E-state index in [0.717, 1.165) is 5.56 Å². The molecule has 1 fully saturated rings. The molecule has 0 aromatic heterocycles. The van der Waals surface area contributed by atoms with E-state index in [4.69, 9.17) is 14.6 Å². The van der Waals surface area contributed by atoms with Crippen molar-refractivity contribution >= 4 is 27.5 Å². The van der Waals surface area contributed by atoms with E-state index in [1.54, 1.807) is 37.4 Å². The number of nitrogens with zero attached hydrogens (tertiary/aromatic N) is 1. The number of nitrogens with two attached hydrogens (primary N) is 1. The number of piperidine rings is 1. The molecule has 0 radical (unpaired) electrons. The fourth-order valence-electron chi connectivity index (χ4n) is 3.97.